The third-order valence-corrected chi connectivity index (χ3v) is 5.37. The number of nitrogens with one attached hydrogen (secondary N) is 1. The molecule has 2 aliphatic heterocycles. The van der Waals surface area contributed by atoms with E-state index in [1.807, 2.05) is 0 Å². The Hall–Kier alpha value is -1.80. The predicted molar refractivity (Wildman–Crippen MR) is 94.8 cm³/mol. The van der Waals surface area contributed by atoms with Gasteiger partial charge in [0.25, 0.3) is 0 Å². The molecule has 0 aliphatic carbocycles. The molecule has 1 saturated heterocycles. The molecule has 1 fully saturated rings. The molecule has 4 rings (SSSR count). The number of hydrogen-bond donors (Lipinski definition) is 1. The van der Waals surface area contributed by atoms with Crippen LogP contribution in [0.1, 0.15) is 54.2 Å². The quantitative estimate of drug-likeness (QED) is 0.824. The molecule has 120 valence electrons. The first-order valence-electron chi connectivity index (χ1n) is 8.84. The van der Waals surface area contributed by atoms with E-state index in [2.05, 4.69) is 61.6 Å². The lowest BCUT2D eigenvalue weighted by Gasteiger charge is -2.43. The lowest BCUT2D eigenvalue weighted by molar-refractivity contribution is -0.0381. The number of fused-ring (bicyclic) bond motifs is 3. The van der Waals surface area contributed by atoms with E-state index in [-0.39, 0.29) is 6.10 Å². The van der Waals surface area contributed by atoms with Crippen LogP contribution in [0.4, 0.5) is 5.69 Å². The van der Waals surface area contributed by atoms with Crippen molar-refractivity contribution in [2.75, 3.05) is 11.9 Å². The van der Waals surface area contributed by atoms with Crippen LogP contribution in [0, 0.1) is 12.8 Å². The zero-order valence-corrected chi connectivity index (χ0v) is 14.0. The minimum atomic E-state index is 0.234. The highest BCUT2D eigenvalue weighted by atomic mass is 16.5. The first-order valence-corrected chi connectivity index (χ1v) is 8.84. The molecule has 2 aliphatic rings. The van der Waals surface area contributed by atoms with Gasteiger partial charge in [0.05, 0.1) is 12.1 Å². The minimum absolute atomic E-state index is 0.234. The van der Waals surface area contributed by atoms with E-state index in [1.54, 1.807) is 0 Å². The molecule has 0 bridgehead atoms. The zero-order chi connectivity index (χ0) is 15.8. The highest BCUT2D eigenvalue weighted by molar-refractivity contribution is 5.58. The van der Waals surface area contributed by atoms with Gasteiger partial charge < -0.3 is 10.1 Å². The first kappa shape index (κ1) is 14.8. The number of benzene rings is 2. The molecule has 3 atom stereocenters. The number of aryl methyl sites for hydroxylation is 2. The van der Waals surface area contributed by atoms with Crippen LogP contribution < -0.4 is 5.32 Å². The van der Waals surface area contributed by atoms with Gasteiger partial charge >= 0.3 is 0 Å². The largest absolute Gasteiger partial charge is 0.378 e. The second-order valence-corrected chi connectivity index (χ2v) is 6.91. The van der Waals surface area contributed by atoms with Crippen LogP contribution in [-0.4, -0.2) is 6.61 Å². The zero-order valence-electron chi connectivity index (χ0n) is 14.0. The Balaban J connectivity index is 1.75. The third-order valence-electron chi connectivity index (χ3n) is 5.37. The monoisotopic (exact) mass is 307 g/mol. The van der Waals surface area contributed by atoms with Crippen LogP contribution in [0.3, 0.4) is 0 Å². The van der Waals surface area contributed by atoms with Gasteiger partial charge in [-0.1, -0.05) is 48.9 Å². The van der Waals surface area contributed by atoms with E-state index in [9.17, 15) is 0 Å². The van der Waals surface area contributed by atoms with Crippen molar-refractivity contribution in [1.82, 2.24) is 0 Å². The number of hydrogen-bond acceptors (Lipinski definition) is 2. The lowest BCUT2D eigenvalue weighted by atomic mass is 9.77. The summed E-state index contributed by atoms with van der Waals surface area (Å²) < 4.78 is 6.24. The van der Waals surface area contributed by atoms with Crippen LogP contribution in [0.2, 0.25) is 0 Å². The molecule has 0 spiro atoms. The van der Waals surface area contributed by atoms with Crippen LogP contribution in [0.25, 0.3) is 0 Å². The van der Waals surface area contributed by atoms with Gasteiger partial charge in [0.2, 0.25) is 0 Å². The van der Waals surface area contributed by atoms with E-state index in [0.717, 1.165) is 19.4 Å². The average Bonchev–Trinajstić information content (AvgIpc) is 2.61. The van der Waals surface area contributed by atoms with Crippen LogP contribution in [-0.2, 0) is 11.2 Å². The molecule has 0 aromatic heterocycles. The van der Waals surface area contributed by atoms with Crippen LogP contribution >= 0.6 is 0 Å². The van der Waals surface area contributed by atoms with Crippen LogP contribution in [0.15, 0.2) is 42.5 Å². The Morgan fingerprint density at radius 3 is 2.74 bits per heavy atom. The predicted octanol–water partition coefficient (Wildman–Crippen LogP) is 5.19. The summed E-state index contributed by atoms with van der Waals surface area (Å²) in [6, 6.07) is 16.1. The molecular formula is C21H25NO. The van der Waals surface area contributed by atoms with E-state index in [4.69, 9.17) is 4.74 Å². The van der Waals surface area contributed by atoms with E-state index in [1.165, 1.54) is 34.4 Å². The summed E-state index contributed by atoms with van der Waals surface area (Å²) in [5.74, 6) is 0.520. The maximum atomic E-state index is 6.24. The smallest absolute Gasteiger partial charge is 0.0895 e. The summed E-state index contributed by atoms with van der Waals surface area (Å²) in [4.78, 5) is 0. The highest BCUT2D eigenvalue weighted by Crippen LogP contribution is 2.49. The second kappa shape index (κ2) is 6.01. The van der Waals surface area contributed by atoms with Crippen molar-refractivity contribution < 1.29 is 4.74 Å². The van der Waals surface area contributed by atoms with Gasteiger partial charge in [0, 0.05) is 23.8 Å². The molecule has 1 N–H and O–H groups in total. The molecular weight excluding hydrogens is 282 g/mol. The van der Waals surface area contributed by atoms with Crippen molar-refractivity contribution >= 4 is 5.69 Å². The molecule has 2 heterocycles. The van der Waals surface area contributed by atoms with Crippen LogP contribution in [0.5, 0.6) is 0 Å². The molecule has 2 aromatic carbocycles. The third kappa shape index (κ3) is 2.66. The molecule has 2 nitrogen and oxygen atoms in total. The van der Waals surface area contributed by atoms with Crippen molar-refractivity contribution in [2.45, 2.75) is 45.3 Å². The van der Waals surface area contributed by atoms with E-state index in [0.29, 0.717) is 12.0 Å². The summed E-state index contributed by atoms with van der Waals surface area (Å²) in [6.45, 7) is 5.25. The Morgan fingerprint density at radius 2 is 1.96 bits per heavy atom. The van der Waals surface area contributed by atoms with Crippen molar-refractivity contribution in [3.8, 4) is 0 Å². The standard InChI is InChI=1S/C21H25NO/c1-3-15-8-11-19-18(13-15)21-17(5-4-12-23-21)20(22-19)16-9-6-14(2)7-10-16/h6-11,13,17,20-22H,3-5,12H2,1-2H3/t17-,20-,21-/m0/s1. The Kier molecular flexibility index (Phi) is 3.86. The van der Waals surface area contributed by atoms with Crippen molar-refractivity contribution in [1.29, 1.82) is 0 Å². The summed E-state index contributed by atoms with van der Waals surface area (Å²) in [5, 5.41) is 3.80. The SMILES string of the molecule is CCc1ccc2c(c1)[C@H]1OCCC[C@H]1[C@H](c1ccc(C)cc1)N2. The number of rotatable bonds is 2. The fraction of sp³-hybridized carbons (Fsp3) is 0.429. The Labute approximate surface area is 138 Å². The van der Waals surface area contributed by atoms with Gasteiger partial charge in [-0.3, -0.25) is 0 Å². The molecule has 0 unspecified atom stereocenters. The van der Waals surface area contributed by atoms with Crippen molar-refractivity contribution in [3.05, 3.63) is 64.7 Å². The molecule has 2 heteroatoms. The average molecular weight is 307 g/mol. The molecule has 2 aromatic rings. The molecule has 0 saturated carbocycles. The van der Waals surface area contributed by atoms with E-state index >= 15 is 0 Å². The summed E-state index contributed by atoms with van der Waals surface area (Å²) in [7, 11) is 0. The fourth-order valence-electron chi connectivity index (χ4n) is 4.04. The molecule has 0 radical (unpaired) electrons. The molecule has 0 amide bonds. The normalized spacial score (nSPS) is 26.1. The van der Waals surface area contributed by atoms with Crippen molar-refractivity contribution in [2.24, 2.45) is 5.92 Å². The topological polar surface area (TPSA) is 21.3 Å². The fourth-order valence-corrected chi connectivity index (χ4v) is 4.04. The first-order chi connectivity index (χ1) is 11.3. The maximum Gasteiger partial charge on any atom is 0.0895 e. The van der Waals surface area contributed by atoms with Gasteiger partial charge in [-0.15, -0.1) is 0 Å². The van der Waals surface area contributed by atoms with Gasteiger partial charge in [0.1, 0.15) is 0 Å². The highest BCUT2D eigenvalue weighted by Gasteiger charge is 2.39. The minimum Gasteiger partial charge on any atom is -0.378 e. The lowest BCUT2D eigenvalue weighted by Crippen LogP contribution is -2.36. The Morgan fingerprint density at radius 1 is 1.13 bits per heavy atom. The molecule has 23 heavy (non-hydrogen) atoms. The maximum absolute atomic E-state index is 6.24. The Bertz CT molecular complexity index is 691. The summed E-state index contributed by atoms with van der Waals surface area (Å²) >= 11 is 0. The van der Waals surface area contributed by atoms with Gasteiger partial charge in [-0.2, -0.15) is 0 Å². The van der Waals surface area contributed by atoms with Gasteiger partial charge in [0.15, 0.2) is 0 Å². The van der Waals surface area contributed by atoms with Crippen molar-refractivity contribution in [3.63, 3.8) is 0 Å². The summed E-state index contributed by atoms with van der Waals surface area (Å²) in [6.07, 6.45) is 3.70. The van der Waals surface area contributed by atoms with Gasteiger partial charge in [-0.25, -0.2) is 0 Å². The summed E-state index contributed by atoms with van der Waals surface area (Å²) in [5.41, 5.74) is 6.69. The van der Waals surface area contributed by atoms with Gasteiger partial charge in [-0.05, 0) is 43.4 Å². The number of anilines is 1. The van der Waals surface area contributed by atoms with E-state index < -0.39 is 0 Å². The number of ether oxygens (including phenoxy) is 1. The second-order valence-electron chi connectivity index (χ2n) is 6.91.